The Hall–Kier alpha value is 0.310. The third-order valence-electron chi connectivity index (χ3n) is 4.60. The standard InChI is InChI=1S/C16H31N3OS.HI/c1-3-21-16(9-11-20-12-10-16)13-18-15(17-2)19-14-7-5-4-6-8-14;/h14H,3-13H2,1-2H3,(H2,17,18,19);1H. The molecule has 0 amide bonds. The van der Waals surface area contributed by atoms with Gasteiger partial charge in [-0.1, -0.05) is 26.2 Å². The molecule has 0 radical (unpaired) electrons. The van der Waals surface area contributed by atoms with Crippen molar-refractivity contribution in [2.45, 2.75) is 62.7 Å². The van der Waals surface area contributed by atoms with E-state index in [0.29, 0.717) is 10.8 Å². The molecule has 2 aliphatic rings. The van der Waals surface area contributed by atoms with Crippen LogP contribution >= 0.6 is 35.7 Å². The Balaban J connectivity index is 0.00000242. The Morgan fingerprint density at radius 1 is 1.23 bits per heavy atom. The van der Waals surface area contributed by atoms with E-state index < -0.39 is 0 Å². The van der Waals surface area contributed by atoms with Crippen LogP contribution < -0.4 is 10.6 Å². The van der Waals surface area contributed by atoms with E-state index in [2.05, 4.69) is 34.3 Å². The smallest absolute Gasteiger partial charge is 0.191 e. The zero-order valence-electron chi connectivity index (χ0n) is 14.0. The number of thioether (sulfide) groups is 1. The fraction of sp³-hybridized carbons (Fsp3) is 0.938. The Bertz CT molecular complexity index is 324. The quantitative estimate of drug-likeness (QED) is 0.390. The van der Waals surface area contributed by atoms with E-state index in [9.17, 15) is 0 Å². The van der Waals surface area contributed by atoms with Gasteiger partial charge in [0, 0.05) is 37.6 Å². The lowest BCUT2D eigenvalue weighted by Crippen LogP contribution is -2.50. The third-order valence-corrected chi connectivity index (χ3v) is 6.06. The van der Waals surface area contributed by atoms with Gasteiger partial charge in [0.1, 0.15) is 0 Å². The van der Waals surface area contributed by atoms with Crippen LogP contribution in [-0.2, 0) is 4.74 Å². The van der Waals surface area contributed by atoms with Crippen LogP contribution in [0, 0.1) is 0 Å². The molecule has 1 heterocycles. The zero-order chi connectivity index (χ0) is 15.0. The minimum atomic E-state index is 0. The summed E-state index contributed by atoms with van der Waals surface area (Å²) in [4.78, 5) is 4.41. The molecule has 0 bridgehead atoms. The number of rotatable bonds is 5. The normalized spacial score (nSPS) is 22.7. The summed E-state index contributed by atoms with van der Waals surface area (Å²) in [6.07, 6.45) is 8.92. The molecule has 2 N–H and O–H groups in total. The summed E-state index contributed by atoms with van der Waals surface area (Å²) in [6.45, 7) is 5.02. The summed E-state index contributed by atoms with van der Waals surface area (Å²) in [7, 11) is 1.88. The summed E-state index contributed by atoms with van der Waals surface area (Å²) in [5, 5.41) is 7.18. The summed E-state index contributed by atoms with van der Waals surface area (Å²) < 4.78 is 5.86. The lowest BCUT2D eigenvalue weighted by molar-refractivity contribution is 0.0782. The van der Waals surface area contributed by atoms with E-state index in [4.69, 9.17) is 4.74 Å². The van der Waals surface area contributed by atoms with Gasteiger partial charge in [-0.15, -0.1) is 24.0 Å². The maximum Gasteiger partial charge on any atom is 0.191 e. The minimum Gasteiger partial charge on any atom is -0.381 e. The number of ether oxygens (including phenoxy) is 1. The van der Waals surface area contributed by atoms with Gasteiger partial charge < -0.3 is 15.4 Å². The Morgan fingerprint density at radius 2 is 1.91 bits per heavy atom. The van der Waals surface area contributed by atoms with Crippen LogP contribution in [0.25, 0.3) is 0 Å². The first-order valence-electron chi connectivity index (χ1n) is 8.47. The fourth-order valence-electron chi connectivity index (χ4n) is 3.30. The SMILES string of the molecule is CCSC1(CNC(=NC)NC2CCCCC2)CCOCC1.I. The molecule has 130 valence electrons. The van der Waals surface area contributed by atoms with Gasteiger partial charge in [-0.05, 0) is 31.4 Å². The van der Waals surface area contributed by atoms with Crippen molar-refractivity contribution in [3.05, 3.63) is 0 Å². The van der Waals surface area contributed by atoms with Crippen LogP contribution in [0.15, 0.2) is 4.99 Å². The zero-order valence-corrected chi connectivity index (χ0v) is 17.2. The molecule has 0 aromatic carbocycles. The topological polar surface area (TPSA) is 45.7 Å². The molecule has 2 fully saturated rings. The van der Waals surface area contributed by atoms with Gasteiger partial charge in [-0.3, -0.25) is 4.99 Å². The molecular formula is C16H32IN3OS. The number of nitrogens with zero attached hydrogens (tertiary/aromatic N) is 1. The summed E-state index contributed by atoms with van der Waals surface area (Å²) >= 11 is 2.07. The van der Waals surface area contributed by atoms with E-state index in [0.717, 1.165) is 44.3 Å². The van der Waals surface area contributed by atoms with Gasteiger partial charge in [0.25, 0.3) is 0 Å². The van der Waals surface area contributed by atoms with E-state index in [1.54, 1.807) is 0 Å². The van der Waals surface area contributed by atoms with E-state index in [1.807, 2.05) is 7.05 Å². The molecule has 6 heteroatoms. The van der Waals surface area contributed by atoms with Gasteiger partial charge >= 0.3 is 0 Å². The van der Waals surface area contributed by atoms with Gasteiger partial charge in [0.2, 0.25) is 0 Å². The van der Waals surface area contributed by atoms with Crippen molar-refractivity contribution in [2.24, 2.45) is 4.99 Å². The first-order valence-corrected chi connectivity index (χ1v) is 9.45. The highest BCUT2D eigenvalue weighted by atomic mass is 127. The molecule has 22 heavy (non-hydrogen) atoms. The van der Waals surface area contributed by atoms with Crippen LogP contribution in [0.5, 0.6) is 0 Å². The van der Waals surface area contributed by atoms with Crippen molar-refractivity contribution in [1.82, 2.24) is 10.6 Å². The lowest BCUT2D eigenvalue weighted by atomic mass is 9.95. The average Bonchev–Trinajstić information content (AvgIpc) is 2.53. The maximum atomic E-state index is 5.54. The highest BCUT2D eigenvalue weighted by molar-refractivity contribution is 14.0. The first-order chi connectivity index (χ1) is 10.3. The molecule has 0 aromatic rings. The van der Waals surface area contributed by atoms with Crippen molar-refractivity contribution in [2.75, 3.05) is 32.6 Å². The van der Waals surface area contributed by atoms with Crippen molar-refractivity contribution in [3.63, 3.8) is 0 Å². The monoisotopic (exact) mass is 441 g/mol. The first kappa shape index (κ1) is 20.4. The fourth-order valence-corrected chi connectivity index (χ4v) is 4.54. The molecule has 0 aromatic heterocycles. The van der Waals surface area contributed by atoms with Crippen molar-refractivity contribution < 1.29 is 4.74 Å². The van der Waals surface area contributed by atoms with Crippen LogP contribution in [0.4, 0.5) is 0 Å². The van der Waals surface area contributed by atoms with Crippen LogP contribution in [0.1, 0.15) is 51.9 Å². The lowest BCUT2D eigenvalue weighted by Gasteiger charge is -2.37. The number of guanidine groups is 1. The van der Waals surface area contributed by atoms with Crippen molar-refractivity contribution in [1.29, 1.82) is 0 Å². The predicted molar refractivity (Wildman–Crippen MR) is 108 cm³/mol. The van der Waals surface area contributed by atoms with Gasteiger partial charge in [-0.2, -0.15) is 11.8 Å². The van der Waals surface area contributed by atoms with Gasteiger partial charge in [0.15, 0.2) is 5.96 Å². The third kappa shape index (κ3) is 6.43. The summed E-state index contributed by atoms with van der Waals surface area (Å²) in [6, 6.07) is 0.606. The molecule has 4 nitrogen and oxygen atoms in total. The predicted octanol–water partition coefficient (Wildman–Crippen LogP) is 3.40. The van der Waals surface area contributed by atoms with E-state index in [1.165, 1.54) is 32.1 Å². The molecule has 1 saturated carbocycles. The number of aliphatic imine (C=N–C) groups is 1. The maximum absolute atomic E-state index is 5.54. The van der Waals surface area contributed by atoms with Crippen LogP contribution in [0.2, 0.25) is 0 Å². The molecule has 2 rings (SSSR count). The molecule has 1 aliphatic carbocycles. The molecule has 0 unspecified atom stereocenters. The minimum absolute atomic E-state index is 0. The number of hydrogen-bond acceptors (Lipinski definition) is 3. The van der Waals surface area contributed by atoms with Crippen LogP contribution in [0.3, 0.4) is 0 Å². The number of hydrogen-bond donors (Lipinski definition) is 2. The molecule has 0 spiro atoms. The summed E-state index contributed by atoms with van der Waals surface area (Å²) in [5.41, 5.74) is 0. The molecular weight excluding hydrogens is 409 g/mol. The average molecular weight is 441 g/mol. The molecule has 1 saturated heterocycles. The Kier molecular flexibility index (Phi) is 10.1. The van der Waals surface area contributed by atoms with Crippen molar-refractivity contribution in [3.8, 4) is 0 Å². The largest absolute Gasteiger partial charge is 0.381 e. The second-order valence-electron chi connectivity index (χ2n) is 6.13. The second kappa shape index (κ2) is 11.0. The highest BCUT2D eigenvalue weighted by Gasteiger charge is 2.32. The Morgan fingerprint density at radius 3 is 2.50 bits per heavy atom. The van der Waals surface area contributed by atoms with E-state index >= 15 is 0 Å². The summed E-state index contributed by atoms with van der Waals surface area (Å²) in [5.74, 6) is 2.14. The molecule has 1 aliphatic heterocycles. The number of halogens is 1. The number of nitrogens with one attached hydrogen (secondary N) is 2. The highest BCUT2D eigenvalue weighted by Crippen LogP contribution is 2.34. The second-order valence-corrected chi connectivity index (χ2v) is 7.87. The van der Waals surface area contributed by atoms with E-state index in [-0.39, 0.29) is 24.0 Å². The van der Waals surface area contributed by atoms with Gasteiger partial charge in [-0.25, -0.2) is 0 Å². The van der Waals surface area contributed by atoms with Crippen LogP contribution in [-0.4, -0.2) is 49.3 Å². The van der Waals surface area contributed by atoms with Gasteiger partial charge in [0.05, 0.1) is 0 Å². The molecule has 0 atom stereocenters. The Labute approximate surface area is 157 Å². The van der Waals surface area contributed by atoms with Crippen molar-refractivity contribution >= 4 is 41.7 Å².